The normalized spacial score (nSPS) is 15.6. The number of halogens is 1. The molecule has 3 aromatic rings. The first-order valence-corrected chi connectivity index (χ1v) is 11.6. The van der Waals surface area contributed by atoms with Gasteiger partial charge in [-0.05, 0) is 55.2 Å². The number of amides is 2. The molecule has 1 aromatic heterocycles. The number of carbonyl (C=O) groups excluding carboxylic acids is 2. The molecule has 2 heterocycles. The summed E-state index contributed by atoms with van der Waals surface area (Å²) in [6.07, 6.45) is 2.81. The number of nitrogens with zero attached hydrogens (tertiary/aromatic N) is 3. The van der Waals surface area contributed by atoms with Crippen LogP contribution in [0, 0.1) is 0 Å². The number of aryl methyl sites for hydroxylation is 1. The van der Waals surface area contributed by atoms with E-state index in [0.717, 1.165) is 24.2 Å². The van der Waals surface area contributed by atoms with Crippen LogP contribution in [0.1, 0.15) is 45.7 Å². The first-order valence-electron chi connectivity index (χ1n) is 10.4. The summed E-state index contributed by atoms with van der Waals surface area (Å²) in [5.74, 6) is 0.543. The Bertz CT molecular complexity index is 1100. The second-order valence-corrected chi connectivity index (χ2v) is 8.95. The van der Waals surface area contributed by atoms with Crippen LogP contribution < -0.4 is 10.1 Å². The lowest BCUT2D eigenvalue weighted by atomic mass is 10.1. The van der Waals surface area contributed by atoms with Crippen molar-refractivity contribution < 1.29 is 14.3 Å². The van der Waals surface area contributed by atoms with E-state index in [1.54, 1.807) is 31.4 Å². The highest BCUT2D eigenvalue weighted by Crippen LogP contribution is 2.34. The maximum Gasteiger partial charge on any atom is 0.286 e. The molecule has 0 spiro atoms. The van der Waals surface area contributed by atoms with Gasteiger partial charge in [0.05, 0.1) is 13.2 Å². The van der Waals surface area contributed by atoms with Gasteiger partial charge in [0.25, 0.3) is 5.91 Å². The molecule has 0 radical (unpaired) electrons. The maximum absolute atomic E-state index is 12.9. The number of anilines is 1. The van der Waals surface area contributed by atoms with Crippen LogP contribution in [0.25, 0.3) is 0 Å². The zero-order valence-electron chi connectivity index (χ0n) is 17.6. The van der Waals surface area contributed by atoms with Gasteiger partial charge in [-0.3, -0.25) is 9.59 Å². The smallest absolute Gasteiger partial charge is 0.286 e. The van der Waals surface area contributed by atoms with E-state index < -0.39 is 0 Å². The zero-order chi connectivity index (χ0) is 22.5. The Morgan fingerprint density at radius 1 is 1.22 bits per heavy atom. The molecule has 0 saturated carbocycles. The summed E-state index contributed by atoms with van der Waals surface area (Å²) in [5, 5.41) is 12.5. The molecule has 1 atom stereocenters. The third-order valence-electron chi connectivity index (χ3n) is 5.36. The average molecular weight is 471 g/mol. The van der Waals surface area contributed by atoms with E-state index in [1.165, 1.54) is 11.3 Å². The molecule has 1 saturated heterocycles. The van der Waals surface area contributed by atoms with Crippen LogP contribution in [0.2, 0.25) is 5.02 Å². The molecule has 0 bridgehead atoms. The summed E-state index contributed by atoms with van der Waals surface area (Å²) in [4.78, 5) is 27.3. The van der Waals surface area contributed by atoms with Crippen LogP contribution in [-0.4, -0.2) is 40.6 Å². The first-order chi connectivity index (χ1) is 15.5. The lowest BCUT2D eigenvalue weighted by molar-refractivity contribution is -0.132. The summed E-state index contributed by atoms with van der Waals surface area (Å²) in [6.45, 7) is 0.690. The third-order valence-corrected chi connectivity index (χ3v) is 6.62. The molecule has 1 unspecified atom stereocenters. The van der Waals surface area contributed by atoms with Gasteiger partial charge in [-0.15, -0.1) is 10.2 Å². The van der Waals surface area contributed by atoms with Gasteiger partial charge in [-0.2, -0.15) is 0 Å². The summed E-state index contributed by atoms with van der Waals surface area (Å²) in [7, 11) is 1.63. The highest BCUT2D eigenvalue weighted by Gasteiger charge is 2.32. The van der Waals surface area contributed by atoms with Gasteiger partial charge in [-0.1, -0.05) is 41.1 Å². The Hall–Kier alpha value is -2.97. The molecule has 0 aliphatic carbocycles. The minimum absolute atomic E-state index is 0.0865. The highest BCUT2D eigenvalue weighted by molar-refractivity contribution is 7.13. The monoisotopic (exact) mass is 470 g/mol. The fourth-order valence-electron chi connectivity index (χ4n) is 3.72. The van der Waals surface area contributed by atoms with Crippen molar-refractivity contribution in [2.24, 2.45) is 0 Å². The molecule has 1 aliphatic rings. The minimum atomic E-state index is -0.341. The maximum atomic E-state index is 12.9. The molecule has 1 fully saturated rings. The summed E-state index contributed by atoms with van der Waals surface area (Å²) < 4.78 is 5.18. The Morgan fingerprint density at radius 3 is 2.78 bits per heavy atom. The predicted octanol–water partition coefficient (Wildman–Crippen LogP) is 4.75. The SMILES string of the molecule is COc1ccc(CCC(=O)N2CCCC2c2nnc(C(=O)Nc3cccc(Cl)c3)s2)cc1. The average Bonchev–Trinajstić information content (AvgIpc) is 3.47. The van der Waals surface area contributed by atoms with Crippen molar-refractivity contribution in [3.05, 3.63) is 69.1 Å². The van der Waals surface area contributed by atoms with Crippen molar-refractivity contribution in [1.82, 2.24) is 15.1 Å². The third kappa shape index (κ3) is 5.26. The Morgan fingerprint density at radius 2 is 2.03 bits per heavy atom. The lowest BCUT2D eigenvalue weighted by Gasteiger charge is -2.22. The van der Waals surface area contributed by atoms with Gasteiger partial charge in [-0.25, -0.2) is 0 Å². The molecule has 4 rings (SSSR count). The van der Waals surface area contributed by atoms with Crippen LogP contribution in [0.3, 0.4) is 0 Å². The van der Waals surface area contributed by atoms with Crippen molar-refractivity contribution in [2.45, 2.75) is 31.7 Å². The van der Waals surface area contributed by atoms with E-state index in [4.69, 9.17) is 16.3 Å². The number of hydrogen-bond donors (Lipinski definition) is 1. The number of aromatic nitrogens is 2. The summed E-state index contributed by atoms with van der Waals surface area (Å²) in [6, 6.07) is 14.5. The fraction of sp³-hybridized carbons (Fsp3) is 0.304. The molecule has 1 N–H and O–H groups in total. The van der Waals surface area contributed by atoms with Crippen molar-refractivity contribution in [3.63, 3.8) is 0 Å². The molecule has 9 heteroatoms. The van der Waals surface area contributed by atoms with Gasteiger partial charge in [0.2, 0.25) is 10.9 Å². The summed E-state index contributed by atoms with van der Waals surface area (Å²) >= 11 is 7.20. The molecule has 1 aliphatic heterocycles. The van der Waals surface area contributed by atoms with E-state index in [9.17, 15) is 9.59 Å². The van der Waals surface area contributed by atoms with Gasteiger partial charge >= 0.3 is 0 Å². The van der Waals surface area contributed by atoms with E-state index in [1.807, 2.05) is 29.2 Å². The zero-order valence-corrected chi connectivity index (χ0v) is 19.2. The van der Waals surface area contributed by atoms with Crippen LogP contribution >= 0.6 is 22.9 Å². The minimum Gasteiger partial charge on any atom is -0.497 e. The second kappa shape index (κ2) is 10.1. The van der Waals surface area contributed by atoms with E-state index in [-0.39, 0.29) is 22.9 Å². The van der Waals surface area contributed by atoms with E-state index in [2.05, 4.69) is 15.5 Å². The number of likely N-dealkylation sites (tertiary alicyclic amines) is 1. The van der Waals surface area contributed by atoms with Gasteiger partial charge in [0.1, 0.15) is 10.8 Å². The number of nitrogens with one attached hydrogen (secondary N) is 1. The quantitative estimate of drug-likeness (QED) is 0.538. The molecular weight excluding hydrogens is 448 g/mol. The molecule has 2 amide bonds. The lowest BCUT2D eigenvalue weighted by Crippen LogP contribution is -2.30. The number of hydrogen-bond acceptors (Lipinski definition) is 6. The number of benzene rings is 2. The predicted molar refractivity (Wildman–Crippen MR) is 124 cm³/mol. The summed E-state index contributed by atoms with van der Waals surface area (Å²) in [5.41, 5.74) is 1.68. The van der Waals surface area contributed by atoms with Gasteiger partial charge in [0.15, 0.2) is 0 Å². The number of methoxy groups -OCH3 is 1. The standard InChI is InChI=1S/C23H23ClN4O3S/c1-31-18-10-7-15(8-11-18)9-12-20(29)28-13-3-6-19(28)22-26-27-23(32-22)21(30)25-17-5-2-4-16(24)14-17/h2,4-5,7-8,10-11,14,19H,3,6,9,12-13H2,1H3,(H,25,30). The Kier molecular flexibility index (Phi) is 7.02. The number of rotatable bonds is 7. The fourth-order valence-corrected chi connectivity index (χ4v) is 4.80. The van der Waals surface area contributed by atoms with Crippen molar-refractivity contribution >= 4 is 40.4 Å². The van der Waals surface area contributed by atoms with Crippen LogP contribution in [-0.2, 0) is 11.2 Å². The Labute approximate surface area is 195 Å². The second-order valence-electron chi connectivity index (χ2n) is 7.50. The van der Waals surface area contributed by atoms with Crippen LogP contribution in [0.5, 0.6) is 5.75 Å². The van der Waals surface area contributed by atoms with Crippen molar-refractivity contribution in [3.8, 4) is 5.75 Å². The number of ether oxygens (including phenoxy) is 1. The van der Waals surface area contributed by atoms with E-state index in [0.29, 0.717) is 35.1 Å². The first kappa shape index (κ1) is 22.2. The molecule has 2 aromatic carbocycles. The van der Waals surface area contributed by atoms with Gasteiger partial charge < -0.3 is 15.0 Å². The van der Waals surface area contributed by atoms with E-state index >= 15 is 0 Å². The van der Waals surface area contributed by atoms with Crippen molar-refractivity contribution in [2.75, 3.05) is 19.0 Å². The number of carbonyl (C=O) groups is 2. The molecule has 7 nitrogen and oxygen atoms in total. The van der Waals surface area contributed by atoms with Crippen LogP contribution in [0.15, 0.2) is 48.5 Å². The van der Waals surface area contributed by atoms with Crippen LogP contribution in [0.4, 0.5) is 5.69 Å². The topological polar surface area (TPSA) is 84.4 Å². The molecule has 166 valence electrons. The molecule has 32 heavy (non-hydrogen) atoms. The molecular formula is C23H23ClN4O3S. The highest BCUT2D eigenvalue weighted by atomic mass is 35.5. The Balaban J connectivity index is 1.38. The van der Waals surface area contributed by atoms with Gasteiger partial charge in [0, 0.05) is 23.7 Å². The largest absolute Gasteiger partial charge is 0.497 e. The van der Waals surface area contributed by atoms with Crippen molar-refractivity contribution in [1.29, 1.82) is 0 Å².